The number of halogens is 1. The second-order valence-electron chi connectivity index (χ2n) is 4.81. The van der Waals surface area contributed by atoms with Crippen molar-refractivity contribution >= 4 is 27.3 Å². The molecular weight excluding hydrogens is 288 g/mol. The molecular formula is C12H17ClN2O3S. The molecule has 1 fully saturated rings. The lowest BCUT2D eigenvalue weighted by Gasteiger charge is -2.25. The van der Waals surface area contributed by atoms with Crippen molar-refractivity contribution in [1.29, 1.82) is 0 Å². The van der Waals surface area contributed by atoms with E-state index in [-0.39, 0.29) is 29.1 Å². The van der Waals surface area contributed by atoms with Gasteiger partial charge in [-0.3, -0.25) is 0 Å². The van der Waals surface area contributed by atoms with Gasteiger partial charge in [0.25, 0.3) is 0 Å². The first kappa shape index (κ1) is 14.6. The molecule has 1 aromatic carbocycles. The van der Waals surface area contributed by atoms with Crippen LogP contribution in [0.4, 0.5) is 5.69 Å². The summed E-state index contributed by atoms with van der Waals surface area (Å²) < 4.78 is 26.5. The fourth-order valence-electron chi connectivity index (χ4n) is 2.42. The van der Waals surface area contributed by atoms with Crippen LogP contribution in [-0.2, 0) is 10.0 Å². The molecule has 1 saturated heterocycles. The fourth-order valence-corrected chi connectivity index (χ4v) is 4.43. The summed E-state index contributed by atoms with van der Waals surface area (Å²) in [5.74, 6) is 0.133. The van der Waals surface area contributed by atoms with Crippen LogP contribution in [0.1, 0.15) is 13.3 Å². The fraction of sp³-hybridized carbons (Fsp3) is 0.500. The number of anilines is 1. The maximum atomic E-state index is 12.6. The first-order valence-corrected chi connectivity index (χ1v) is 7.87. The Bertz CT molecular complexity index is 576. The summed E-state index contributed by atoms with van der Waals surface area (Å²) in [6, 6.07) is 3.94. The number of benzene rings is 1. The number of nitrogens with two attached hydrogens (primary N) is 1. The van der Waals surface area contributed by atoms with Crippen LogP contribution in [0.2, 0.25) is 5.02 Å². The Morgan fingerprint density at radius 1 is 1.53 bits per heavy atom. The van der Waals surface area contributed by atoms with Crippen molar-refractivity contribution in [2.45, 2.75) is 24.3 Å². The Hall–Kier alpha value is -0.820. The number of hydrogen-bond donors (Lipinski definition) is 2. The van der Waals surface area contributed by atoms with E-state index in [2.05, 4.69) is 0 Å². The van der Waals surface area contributed by atoms with Gasteiger partial charge in [0.2, 0.25) is 10.0 Å². The van der Waals surface area contributed by atoms with Crippen LogP contribution < -0.4 is 5.73 Å². The number of nitrogens with zero attached hydrogens (tertiary/aromatic N) is 1. The monoisotopic (exact) mass is 304 g/mol. The lowest BCUT2D eigenvalue weighted by Crippen LogP contribution is -2.40. The molecule has 1 aliphatic rings. The molecule has 1 aliphatic heterocycles. The number of rotatable bonds is 3. The minimum absolute atomic E-state index is 0.0458. The average molecular weight is 305 g/mol. The predicted molar refractivity (Wildman–Crippen MR) is 74.4 cm³/mol. The summed E-state index contributed by atoms with van der Waals surface area (Å²) in [7, 11) is -3.69. The van der Waals surface area contributed by atoms with E-state index in [1.165, 1.54) is 22.5 Å². The Labute approximate surface area is 118 Å². The third-order valence-electron chi connectivity index (χ3n) is 3.58. The van der Waals surface area contributed by atoms with Gasteiger partial charge in [0, 0.05) is 11.6 Å². The highest BCUT2D eigenvalue weighted by Gasteiger charge is 2.39. The van der Waals surface area contributed by atoms with Crippen LogP contribution in [0, 0.1) is 5.92 Å². The Morgan fingerprint density at radius 2 is 2.21 bits per heavy atom. The number of hydrogen-bond acceptors (Lipinski definition) is 4. The lowest BCUT2D eigenvalue weighted by molar-refractivity contribution is 0.191. The number of sulfonamides is 1. The summed E-state index contributed by atoms with van der Waals surface area (Å²) in [6.45, 7) is 2.15. The van der Waals surface area contributed by atoms with Gasteiger partial charge in [0.15, 0.2) is 0 Å². The molecule has 19 heavy (non-hydrogen) atoms. The highest BCUT2D eigenvalue weighted by atomic mass is 35.5. The standard InChI is InChI=1S/C12H17ClN2O3S/c1-8-4-5-15(11(8)7-16)19(17,18)12-3-2-9(13)6-10(12)14/h2-3,6,8,11,16H,4-5,7,14H2,1H3. The molecule has 0 aromatic heterocycles. The van der Waals surface area contributed by atoms with Gasteiger partial charge < -0.3 is 10.8 Å². The Morgan fingerprint density at radius 3 is 2.79 bits per heavy atom. The van der Waals surface area contributed by atoms with Crippen molar-refractivity contribution in [2.24, 2.45) is 5.92 Å². The van der Waals surface area contributed by atoms with Crippen LogP contribution in [0.3, 0.4) is 0 Å². The van der Waals surface area contributed by atoms with Gasteiger partial charge in [0.05, 0.1) is 18.3 Å². The first-order chi connectivity index (χ1) is 8.87. The topological polar surface area (TPSA) is 83.6 Å². The molecule has 0 amide bonds. The van der Waals surface area contributed by atoms with E-state index in [9.17, 15) is 13.5 Å². The molecule has 3 N–H and O–H groups in total. The summed E-state index contributed by atoms with van der Waals surface area (Å²) in [4.78, 5) is 0.0458. The van der Waals surface area contributed by atoms with Gasteiger partial charge in [-0.1, -0.05) is 18.5 Å². The van der Waals surface area contributed by atoms with Crippen LogP contribution in [-0.4, -0.2) is 37.0 Å². The van der Waals surface area contributed by atoms with Gasteiger partial charge in [0.1, 0.15) is 4.90 Å². The predicted octanol–water partition coefficient (Wildman–Crippen LogP) is 1.31. The molecule has 2 atom stereocenters. The molecule has 0 saturated carbocycles. The smallest absolute Gasteiger partial charge is 0.245 e. The molecule has 0 bridgehead atoms. The highest BCUT2D eigenvalue weighted by molar-refractivity contribution is 7.89. The maximum absolute atomic E-state index is 12.6. The molecule has 1 aromatic rings. The van der Waals surface area contributed by atoms with Crippen molar-refractivity contribution in [3.63, 3.8) is 0 Å². The zero-order valence-corrected chi connectivity index (χ0v) is 12.2. The van der Waals surface area contributed by atoms with Crippen molar-refractivity contribution in [1.82, 2.24) is 4.31 Å². The minimum atomic E-state index is -3.69. The maximum Gasteiger partial charge on any atom is 0.245 e. The highest BCUT2D eigenvalue weighted by Crippen LogP contribution is 2.32. The average Bonchev–Trinajstić information content (AvgIpc) is 2.70. The second-order valence-corrected chi connectivity index (χ2v) is 7.11. The van der Waals surface area contributed by atoms with E-state index in [1.54, 1.807) is 0 Å². The summed E-state index contributed by atoms with van der Waals surface area (Å²) in [5, 5.41) is 9.77. The second kappa shape index (κ2) is 5.28. The summed E-state index contributed by atoms with van der Waals surface area (Å²) in [5.41, 5.74) is 5.87. The quantitative estimate of drug-likeness (QED) is 0.825. The van der Waals surface area contributed by atoms with Crippen LogP contribution >= 0.6 is 11.6 Å². The Balaban J connectivity index is 2.42. The number of aliphatic hydroxyl groups excluding tert-OH is 1. The van der Waals surface area contributed by atoms with Crippen molar-refractivity contribution in [3.8, 4) is 0 Å². The Kier molecular flexibility index (Phi) is 4.06. The zero-order valence-electron chi connectivity index (χ0n) is 10.6. The SMILES string of the molecule is CC1CCN(S(=O)(=O)c2ccc(Cl)cc2N)C1CO. The van der Waals surface area contributed by atoms with Gasteiger partial charge in [-0.15, -0.1) is 0 Å². The van der Waals surface area contributed by atoms with Crippen LogP contribution in [0.15, 0.2) is 23.1 Å². The molecule has 2 rings (SSSR count). The molecule has 1 heterocycles. The third kappa shape index (κ3) is 2.58. The lowest BCUT2D eigenvalue weighted by atomic mass is 10.0. The largest absolute Gasteiger partial charge is 0.398 e. The van der Waals surface area contributed by atoms with Gasteiger partial charge in [-0.25, -0.2) is 8.42 Å². The third-order valence-corrected chi connectivity index (χ3v) is 5.81. The van der Waals surface area contributed by atoms with Crippen molar-refractivity contribution in [2.75, 3.05) is 18.9 Å². The van der Waals surface area contributed by atoms with E-state index < -0.39 is 10.0 Å². The van der Waals surface area contributed by atoms with Crippen LogP contribution in [0.25, 0.3) is 0 Å². The first-order valence-electron chi connectivity index (χ1n) is 6.05. The zero-order chi connectivity index (χ0) is 14.2. The molecule has 0 aliphatic carbocycles. The van der Waals surface area contributed by atoms with E-state index >= 15 is 0 Å². The molecule has 2 unspecified atom stereocenters. The van der Waals surface area contributed by atoms with Gasteiger partial charge in [-0.05, 0) is 30.5 Å². The van der Waals surface area contributed by atoms with Crippen LogP contribution in [0.5, 0.6) is 0 Å². The van der Waals surface area contributed by atoms with E-state index in [1.807, 2.05) is 6.92 Å². The van der Waals surface area contributed by atoms with E-state index in [0.29, 0.717) is 11.6 Å². The van der Waals surface area contributed by atoms with E-state index in [0.717, 1.165) is 6.42 Å². The normalized spacial score (nSPS) is 24.8. The van der Waals surface area contributed by atoms with E-state index in [4.69, 9.17) is 17.3 Å². The number of aliphatic hydroxyl groups is 1. The molecule has 0 spiro atoms. The molecule has 5 nitrogen and oxygen atoms in total. The minimum Gasteiger partial charge on any atom is -0.398 e. The number of nitrogen functional groups attached to an aromatic ring is 1. The molecule has 106 valence electrons. The van der Waals surface area contributed by atoms with Gasteiger partial charge in [-0.2, -0.15) is 4.31 Å². The van der Waals surface area contributed by atoms with Crippen molar-refractivity contribution < 1.29 is 13.5 Å². The molecule has 0 radical (unpaired) electrons. The molecule has 7 heteroatoms. The summed E-state index contributed by atoms with van der Waals surface area (Å²) >= 11 is 5.78. The van der Waals surface area contributed by atoms with Gasteiger partial charge >= 0.3 is 0 Å². The summed E-state index contributed by atoms with van der Waals surface area (Å²) in [6.07, 6.45) is 0.734. The van der Waals surface area contributed by atoms with Crippen molar-refractivity contribution in [3.05, 3.63) is 23.2 Å².